The average molecular weight is 234 g/mol. The summed E-state index contributed by atoms with van der Waals surface area (Å²) in [6, 6.07) is 6.83. The zero-order valence-corrected chi connectivity index (χ0v) is 9.82. The van der Waals surface area contributed by atoms with Crippen molar-refractivity contribution in [3.8, 4) is 17.6 Å². The summed E-state index contributed by atoms with van der Waals surface area (Å²) in [5.41, 5.74) is 0.487. The van der Waals surface area contributed by atoms with Gasteiger partial charge in [-0.15, -0.1) is 0 Å². The highest BCUT2D eigenvalue weighted by Gasteiger charge is 2.08. The smallest absolute Gasteiger partial charge is 0.257 e. The van der Waals surface area contributed by atoms with Gasteiger partial charge in [0, 0.05) is 13.1 Å². The van der Waals surface area contributed by atoms with Crippen molar-refractivity contribution in [3.05, 3.63) is 23.8 Å². The second kappa shape index (κ2) is 6.38. The first kappa shape index (κ1) is 12.8. The zero-order chi connectivity index (χ0) is 12.7. The SMILES string of the molecule is CCOc1cc(C#N)ccc1OCC(=O)NC. The number of carbonyl (C=O) groups is 1. The quantitative estimate of drug-likeness (QED) is 0.827. The monoisotopic (exact) mass is 234 g/mol. The number of likely N-dealkylation sites (N-methyl/N-ethyl adjacent to an activating group) is 1. The Morgan fingerprint density at radius 1 is 1.41 bits per heavy atom. The number of amides is 1. The van der Waals surface area contributed by atoms with Crippen molar-refractivity contribution in [2.45, 2.75) is 6.92 Å². The van der Waals surface area contributed by atoms with Gasteiger partial charge in [-0.2, -0.15) is 5.26 Å². The van der Waals surface area contributed by atoms with Gasteiger partial charge < -0.3 is 14.8 Å². The predicted molar refractivity (Wildman–Crippen MR) is 61.9 cm³/mol. The summed E-state index contributed by atoms with van der Waals surface area (Å²) < 4.78 is 10.6. The molecule has 0 aliphatic rings. The predicted octanol–water partition coefficient (Wildman–Crippen LogP) is 1.08. The van der Waals surface area contributed by atoms with Gasteiger partial charge in [-0.05, 0) is 19.1 Å². The number of ether oxygens (including phenoxy) is 2. The molecular formula is C12H14N2O3. The summed E-state index contributed by atoms with van der Waals surface area (Å²) >= 11 is 0. The third-order valence-electron chi connectivity index (χ3n) is 2.01. The molecule has 0 saturated heterocycles. The van der Waals surface area contributed by atoms with Crippen molar-refractivity contribution in [2.24, 2.45) is 0 Å². The van der Waals surface area contributed by atoms with Gasteiger partial charge >= 0.3 is 0 Å². The van der Waals surface area contributed by atoms with Crippen LogP contribution in [0.2, 0.25) is 0 Å². The molecule has 90 valence electrons. The zero-order valence-electron chi connectivity index (χ0n) is 9.82. The van der Waals surface area contributed by atoms with Crippen molar-refractivity contribution in [1.29, 1.82) is 5.26 Å². The van der Waals surface area contributed by atoms with Gasteiger partial charge in [0.1, 0.15) is 0 Å². The number of hydrogen-bond acceptors (Lipinski definition) is 4. The Balaban J connectivity index is 2.83. The highest BCUT2D eigenvalue weighted by atomic mass is 16.5. The molecule has 0 aromatic heterocycles. The molecule has 0 aliphatic heterocycles. The van der Waals surface area contributed by atoms with E-state index in [-0.39, 0.29) is 12.5 Å². The lowest BCUT2D eigenvalue weighted by Crippen LogP contribution is -2.24. The Morgan fingerprint density at radius 2 is 2.18 bits per heavy atom. The molecular weight excluding hydrogens is 220 g/mol. The molecule has 1 aromatic carbocycles. The van der Waals surface area contributed by atoms with Crippen LogP contribution in [-0.2, 0) is 4.79 Å². The van der Waals surface area contributed by atoms with E-state index in [1.807, 2.05) is 13.0 Å². The van der Waals surface area contributed by atoms with Crippen LogP contribution in [0.3, 0.4) is 0 Å². The van der Waals surface area contributed by atoms with Crippen LogP contribution in [0.15, 0.2) is 18.2 Å². The molecule has 0 atom stereocenters. The lowest BCUT2D eigenvalue weighted by atomic mass is 10.2. The van der Waals surface area contributed by atoms with Gasteiger partial charge in [-0.25, -0.2) is 0 Å². The number of nitrogens with one attached hydrogen (secondary N) is 1. The molecule has 1 rings (SSSR count). The largest absolute Gasteiger partial charge is 0.490 e. The number of hydrogen-bond donors (Lipinski definition) is 1. The van der Waals surface area contributed by atoms with Crippen LogP contribution in [0.5, 0.6) is 11.5 Å². The fourth-order valence-corrected chi connectivity index (χ4v) is 1.18. The van der Waals surface area contributed by atoms with Crippen LogP contribution in [0.1, 0.15) is 12.5 Å². The van der Waals surface area contributed by atoms with Crippen LogP contribution in [0.25, 0.3) is 0 Å². The first-order valence-electron chi connectivity index (χ1n) is 5.21. The van der Waals surface area contributed by atoms with E-state index < -0.39 is 0 Å². The van der Waals surface area contributed by atoms with Crippen LogP contribution < -0.4 is 14.8 Å². The lowest BCUT2D eigenvalue weighted by molar-refractivity contribution is -0.122. The molecule has 0 spiro atoms. The molecule has 0 radical (unpaired) electrons. The van der Waals surface area contributed by atoms with Gasteiger partial charge in [0.15, 0.2) is 18.1 Å². The van der Waals surface area contributed by atoms with E-state index >= 15 is 0 Å². The first-order valence-corrected chi connectivity index (χ1v) is 5.21. The molecule has 0 heterocycles. The van der Waals surface area contributed by atoms with E-state index in [1.165, 1.54) is 7.05 Å². The number of benzene rings is 1. The standard InChI is InChI=1S/C12H14N2O3/c1-3-16-11-6-9(7-13)4-5-10(11)17-8-12(15)14-2/h4-6H,3,8H2,1-2H3,(H,14,15). The minimum atomic E-state index is -0.225. The highest BCUT2D eigenvalue weighted by Crippen LogP contribution is 2.28. The number of carbonyl (C=O) groups excluding carboxylic acids is 1. The Morgan fingerprint density at radius 3 is 2.76 bits per heavy atom. The van der Waals surface area contributed by atoms with E-state index in [1.54, 1.807) is 18.2 Å². The summed E-state index contributed by atoms with van der Waals surface area (Å²) in [6.07, 6.45) is 0. The van der Waals surface area contributed by atoms with Gasteiger partial charge in [-0.1, -0.05) is 0 Å². The van der Waals surface area contributed by atoms with Crippen LogP contribution in [-0.4, -0.2) is 26.2 Å². The second-order valence-electron chi connectivity index (χ2n) is 3.17. The molecule has 1 aromatic rings. The molecule has 0 saturated carbocycles. The molecule has 0 aliphatic carbocycles. The van der Waals surface area contributed by atoms with Crippen molar-refractivity contribution >= 4 is 5.91 Å². The Hall–Kier alpha value is -2.22. The molecule has 0 fully saturated rings. The second-order valence-corrected chi connectivity index (χ2v) is 3.17. The van der Waals surface area contributed by atoms with Crippen LogP contribution in [0.4, 0.5) is 0 Å². The summed E-state index contributed by atoms with van der Waals surface area (Å²) in [5, 5.41) is 11.2. The molecule has 5 nitrogen and oxygen atoms in total. The molecule has 5 heteroatoms. The molecule has 17 heavy (non-hydrogen) atoms. The van der Waals surface area contributed by atoms with E-state index in [9.17, 15) is 4.79 Å². The Bertz CT molecular complexity index is 438. The minimum Gasteiger partial charge on any atom is -0.490 e. The van der Waals surface area contributed by atoms with E-state index in [0.717, 1.165) is 0 Å². The van der Waals surface area contributed by atoms with Gasteiger partial charge in [0.25, 0.3) is 5.91 Å². The van der Waals surface area contributed by atoms with Crippen molar-refractivity contribution < 1.29 is 14.3 Å². The molecule has 1 amide bonds. The normalized spacial score (nSPS) is 9.24. The summed E-state index contributed by atoms with van der Waals surface area (Å²) in [4.78, 5) is 11.0. The summed E-state index contributed by atoms with van der Waals surface area (Å²) in [6.45, 7) is 2.22. The number of rotatable bonds is 5. The fourth-order valence-electron chi connectivity index (χ4n) is 1.18. The minimum absolute atomic E-state index is 0.0809. The van der Waals surface area contributed by atoms with E-state index in [2.05, 4.69) is 5.32 Å². The molecule has 0 unspecified atom stereocenters. The number of nitriles is 1. The van der Waals surface area contributed by atoms with E-state index in [4.69, 9.17) is 14.7 Å². The maximum Gasteiger partial charge on any atom is 0.257 e. The third kappa shape index (κ3) is 3.68. The number of nitrogens with zero attached hydrogens (tertiary/aromatic N) is 1. The van der Waals surface area contributed by atoms with E-state index in [0.29, 0.717) is 23.7 Å². The van der Waals surface area contributed by atoms with Crippen LogP contribution in [0, 0.1) is 11.3 Å². The van der Waals surface area contributed by atoms with Crippen molar-refractivity contribution in [3.63, 3.8) is 0 Å². The lowest BCUT2D eigenvalue weighted by Gasteiger charge is -2.11. The van der Waals surface area contributed by atoms with Gasteiger partial charge in [0.05, 0.1) is 18.2 Å². The Labute approximate surface area is 100.0 Å². The third-order valence-corrected chi connectivity index (χ3v) is 2.01. The van der Waals surface area contributed by atoms with Crippen LogP contribution >= 0.6 is 0 Å². The summed E-state index contributed by atoms with van der Waals surface area (Å²) in [5.74, 6) is 0.696. The summed E-state index contributed by atoms with van der Waals surface area (Å²) in [7, 11) is 1.54. The van der Waals surface area contributed by atoms with Crippen molar-refractivity contribution in [2.75, 3.05) is 20.3 Å². The maximum atomic E-state index is 11.0. The topological polar surface area (TPSA) is 71.3 Å². The highest BCUT2D eigenvalue weighted by molar-refractivity contribution is 5.77. The first-order chi connectivity index (χ1) is 8.21. The Kier molecular flexibility index (Phi) is 4.82. The average Bonchev–Trinajstić information content (AvgIpc) is 2.37. The van der Waals surface area contributed by atoms with Crippen molar-refractivity contribution in [1.82, 2.24) is 5.32 Å². The van der Waals surface area contributed by atoms with Gasteiger partial charge in [-0.3, -0.25) is 4.79 Å². The molecule has 1 N–H and O–H groups in total. The van der Waals surface area contributed by atoms with Gasteiger partial charge in [0.2, 0.25) is 0 Å². The maximum absolute atomic E-state index is 11.0. The molecule has 0 bridgehead atoms. The fraction of sp³-hybridized carbons (Fsp3) is 0.333.